The summed E-state index contributed by atoms with van der Waals surface area (Å²) in [7, 11) is 1.92. The SMILES string of the molecule is CNc1cccc(-c2cccc(COc3cc(OCc4cncc(C#N)c4)c(CNCCCC(=O)O)cc3Cl)c2C)c1C. The number of benzene rings is 3. The van der Waals surface area contributed by atoms with Crippen molar-refractivity contribution in [2.24, 2.45) is 0 Å². The second-order valence-corrected chi connectivity index (χ2v) is 10.6. The molecule has 1 heterocycles. The smallest absolute Gasteiger partial charge is 0.303 e. The Hall–Kier alpha value is -4.58. The van der Waals surface area contributed by atoms with Gasteiger partial charge in [0.25, 0.3) is 0 Å². The Balaban J connectivity index is 1.55. The van der Waals surface area contributed by atoms with Gasteiger partial charge in [0.2, 0.25) is 0 Å². The number of nitrogens with zero attached hydrogens (tertiary/aromatic N) is 2. The highest BCUT2D eigenvalue weighted by atomic mass is 35.5. The van der Waals surface area contributed by atoms with Crippen molar-refractivity contribution < 1.29 is 19.4 Å². The van der Waals surface area contributed by atoms with Crippen LogP contribution in [0.25, 0.3) is 11.1 Å². The second kappa shape index (κ2) is 15.1. The maximum Gasteiger partial charge on any atom is 0.303 e. The predicted molar refractivity (Wildman–Crippen MR) is 169 cm³/mol. The molecule has 0 aliphatic rings. The number of ether oxygens (including phenoxy) is 2. The van der Waals surface area contributed by atoms with Crippen molar-refractivity contribution in [2.75, 3.05) is 18.9 Å². The van der Waals surface area contributed by atoms with Crippen molar-refractivity contribution in [3.05, 3.63) is 105 Å². The van der Waals surface area contributed by atoms with Gasteiger partial charge in [-0.1, -0.05) is 41.9 Å². The molecule has 0 unspecified atom stereocenters. The van der Waals surface area contributed by atoms with Crippen LogP contribution >= 0.6 is 11.6 Å². The van der Waals surface area contributed by atoms with Gasteiger partial charge in [0.1, 0.15) is 30.8 Å². The molecule has 222 valence electrons. The van der Waals surface area contributed by atoms with E-state index in [4.69, 9.17) is 26.2 Å². The van der Waals surface area contributed by atoms with Crippen LogP contribution < -0.4 is 20.1 Å². The maximum absolute atomic E-state index is 10.8. The van der Waals surface area contributed by atoms with Crippen molar-refractivity contribution in [1.29, 1.82) is 5.26 Å². The van der Waals surface area contributed by atoms with E-state index in [1.807, 2.05) is 25.2 Å². The molecular weight excluding hydrogens is 564 g/mol. The van der Waals surface area contributed by atoms with E-state index in [0.29, 0.717) is 48.2 Å². The minimum absolute atomic E-state index is 0.0905. The summed E-state index contributed by atoms with van der Waals surface area (Å²) in [4.78, 5) is 15.0. The third kappa shape index (κ3) is 8.25. The number of carbonyl (C=O) groups is 1. The molecule has 4 rings (SSSR count). The van der Waals surface area contributed by atoms with Gasteiger partial charge >= 0.3 is 5.97 Å². The molecule has 0 aliphatic heterocycles. The number of rotatable bonds is 14. The molecule has 3 N–H and O–H groups in total. The Morgan fingerprint density at radius 2 is 1.72 bits per heavy atom. The fourth-order valence-electron chi connectivity index (χ4n) is 4.82. The van der Waals surface area contributed by atoms with Gasteiger partial charge in [0, 0.05) is 55.3 Å². The van der Waals surface area contributed by atoms with Gasteiger partial charge in [-0.05, 0) is 72.8 Å². The summed E-state index contributed by atoms with van der Waals surface area (Å²) in [5.74, 6) is 0.219. The molecule has 0 amide bonds. The molecule has 43 heavy (non-hydrogen) atoms. The van der Waals surface area contributed by atoms with E-state index in [9.17, 15) is 10.1 Å². The number of aromatic nitrogens is 1. The van der Waals surface area contributed by atoms with Gasteiger partial charge in [-0.3, -0.25) is 9.78 Å². The minimum Gasteiger partial charge on any atom is -0.488 e. The van der Waals surface area contributed by atoms with Crippen LogP contribution in [0.3, 0.4) is 0 Å². The van der Waals surface area contributed by atoms with Gasteiger partial charge in [0.05, 0.1) is 10.6 Å². The number of nitriles is 1. The zero-order valence-corrected chi connectivity index (χ0v) is 25.3. The van der Waals surface area contributed by atoms with E-state index in [2.05, 4.69) is 53.7 Å². The van der Waals surface area contributed by atoms with E-state index in [-0.39, 0.29) is 13.0 Å². The molecule has 0 saturated heterocycles. The summed E-state index contributed by atoms with van der Waals surface area (Å²) >= 11 is 6.69. The fourth-order valence-corrected chi connectivity index (χ4v) is 5.06. The highest BCUT2D eigenvalue weighted by Gasteiger charge is 2.15. The summed E-state index contributed by atoms with van der Waals surface area (Å²) in [6.45, 7) is 5.67. The third-order valence-electron chi connectivity index (χ3n) is 7.22. The second-order valence-electron chi connectivity index (χ2n) is 10.2. The first-order valence-electron chi connectivity index (χ1n) is 14.0. The summed E-state index contributed by atoms with van der Waals surface area (Å²) in [5, 5.41) is 25.1. The Bertz CT molecular complexity index is 1630. The summed E-state index contributed by atoms with van der Waals surface area (Å²) in [6, 6.07) is 19.8. The van der Waals surface area contributed by atoms with Crippen LogP contribution in [0.2, 0.25) is 5.02 Å². The molecule has 0 spiro atoms. The summed E-state index contributed by atoms with van der Waals surface area (Å²) in [6.07, 6.45) is 3.75. The van der Waals surface area contributed by atoms with Crippen molar-refractivity contribution in [1.82, 2.24) is 10.3 Å². The average molecular weight is 599 g/mol. The number of hydrogen-bond donors (Lipinski definition) is 3. The number of hydrogen-bond acceptors (Lipinski definition) is 7. The Labute approximate surface area is 257 Å². The molecule has 1 aromatic heterocycles. The molecule has 3 aromatic carbocycles. The van der Waals surface area contributed by atoms with Crippen molar-refractivity contribution in [3.63, 3.8) is 0 Å². The number of anilines is 1. The van der Waals surface area contributed by atoms with Crippen LogP contribution in [-0.4, -0.2) is 29.7 Å². The average Bonchev–Trinajstić information content (AvgIpc) is 3.00. The van der Waals surface area contributed by atoms with Crippen LogP contribution in [0.5, 0.6) is 11.5 Å². The van der Waals surface area contributed by atoms with Gasteiger partial charge in [-0.25, -0.2) is 0 Å². The standard InChI is InChI=1S/C34H35ClN4O4/c1-22-26(7-4-8-28(22)29-9-5-10-31(37-3)23(29)2)21-43-33-15-32(42-20-25-13-24(16-36)17-39-18-25)27(14-30(33)35)19-38-12-6-11-34(40)41/h4-5,7-10,13-15,17-18,37-38H,6,11-12,19-21H2,1-3H3,(H,40,41). The molecular formula is C34H35ClN4O4. The van der Waals surface area contributed by atoms with Crippen LogP contribution in [-0.2, 0) is 24.6 Å². The lowest BCUT2D eigenvalue weighted by Gasteiger charge is -2.18. The lowest BCUT2D eigenvalue weighted by Crippen LogP contribution is -2.16. The van der Waals surface area contributed by atoms with E-state index in [1.165, 1.54) is 11.8 Å². The number of pyridine rings is 1. The topological polar surface area (TPSA) is 116 Å². The molecule has 0 fully saturated rings. The molecule has 0 aliphatic carbocycles. The first-order chi connectivity index (χ1) is 20.8. The van der Waals surface area contributed by atoms with Crippen molar-refractivity contribution in [3.8, 4) is 28.7 Å². The van der Waals surface area contributed by atoms with E-state index in [0.717, 1.165) is 39.1 Å². The van der Waals surface area contributed by atoms with Gasteiger partial charge < -0.3 is 25.2 Å². The molecule has 9 heteroatoms. The Kier molecular flexibility index (Phi) is 11.0. The Morgan fingerprint density at radius 3 is 2.47 bits per heavy atom. The highest BCUT2D eigenvalue weighted by Crippen LogP contribution is 2.36. The lowest BCUT2D eigenvalue weighted by molar-refractivity contribution is -0.137. The minimum atomic E-state index is -0.828. The largest absolute Gasteiger partial charge is 0.488 e. The molecule has 0 radical (unpaired) electrons. The predicted octanol–water partition coefficient (Wildman–Crippen LogP) is 7.04. The van der Waals surface area contributed by atoms with Crippen molar-refractivity contribution in [2.45, 2.75) is 46.4 Å². The number of aliphatic carboxylic acids is 1. The molecule has 0 bridgehead atoms. The van der Waals surface area contributed by atoms with Gasteiger partial charge in [-0.2, -0.15) is 5.26 Å². The van der Waals surface area contributed by atoms with Crippen LogP contribution in [0.1, 0.15) is 46.2 Å². The summed E-state index contributed by atoms with van der Waals surface area (Å²) < 4.78 is 12.4. The Morgan fingerprint density at radius 1 is 0.977 bits per heavy atom. The van der Waals surface area contributed by atoms with Gasteiger partial charge in [0.15, 0.2) is 0 Å². The van der Waals surface area contributed by atoms with Gasteiger partial charge in [-0.15, -0.1) is 0 Å². The monoisotopic (exact) mass is 598 g/mol. The zero-order valence-electron chi connectivity index (χ0n) is 24.5. The third-order valence-corrected chi connectivity index (χ3v) is 7.51. The first-order valence-corrected chi connectivity index (χ1v) is 14.4. The van der Waals surface area contributed by atoms with Crippen LogP contribution in [0.4, 0.5) is 5.69 Å². The molecule has 4 aromatic rings. The quantitative estimate of drug-likeness (QED) is 0.132. The zero-order chi connectivity index (χ0) is 30.8. The maximum atomic E-state index is 10.8. The number of nitrogens with one attached hydrogen (secondary N) is 2. The van der Waals surface area contributed by atoms with Crippen LogP contribution in [0.15, 0.2) is 67.0 Å². The van der Waals surface area contributed by atoms with E-state index >= 15 is 0 Å². The van der Waals surface area contributed by atoms with Crippen LogP contribution in [0, 0.1) is 25.2 Å². The number of halogens is 1. The lowest BCUT2D eigenvalue weighted by atomic mass is 9.93. The van der Waals surface area contributed by atoms with E-state index in [1.54, 1.807) is 24.4 Å². The number of carboxylic acid groups (broad SMARTS) is 1. The van der Waals surface area contributed by atoms with Crippen molar-refractivity contribution >= 4 is 23.3 Å². The molecule has 0 atom stereocenters. The van der Waals surface area contributed by atoms with E-state index < -0.39 is 5.97 Å². The highest BCUT2D eigenvalue weighted by molar-refractivity contribution is 6.32. The molecule has 8 nitrogen and oxygen atoms in total. The first kappa shape index (κ1) is 31.4. The number of carboxylic acids is 1. The molecule has 0 saturated carbocycles. The summed E-state index contributed by atoms with van der Waals surface area (Å²) in [5.41, 5.74) is 8.73. The fraction of sp³-hybridized carbons (Fsp3) is 0.265. The normalized spacial score (nSPS) is 10.7.